The first kappa shape index (κ1) is 27.2. The van der Waals surface area contributed by atoms with E-state index in [0.717, 1.165) is 27.8 Å². The highest BCUT2D eigenvalue weighted by atomic mass is 16.6. The highest BCUT2D eigenvalue weighted by Crippen LogP contribution is 2.59. The Kier molecular flexibility index (Phi) is 7.36. The van der Waals surface area contributed by atoms with E-state index in [1.54, 1.807) is 12.0 Å². The van der Waals surface area contributed by atoms with Gasteiger partial charge in [0.25, 0.3) is 0 Å². The molecule has 1 amide bonds. The molecule has 8 heteroatoms. The van der Waals surface area contributed by atoms with Crippen LogP contribution in [0.4, 0.5) is 4.79 Å². The molecule has 1 fully saturated rings. The number of rotatable bonds is 7. The number of nitrogens with zero attached hydrogens (tertiary/aromatic N) is 1. The molecule has 2 aliphatic carbocycles. The minimum absolute atomic E-state index is 0.164. The van der Waals surface area contributed by atoms with Crippen molar-refractivity contribution < 1.29 is 34.0 Å². The molecule has 2 N–H and O–H groups in total. The number of hydrogen-bond acceptors (Lipinski definition) is 7. The molecule has 0 radical (unpaired) electrons. The molecule has 0 unspecified atom stereocenters. The zero-order valence-electron chi connectivity index (χ0n) is 23.3. The van der Waals surface area contributed by atoms with Gasteiger partial charge >= 0.3 is 6.09 Å². The third kappa shape index (κ3) is 4.71. The van der Waals surface area contributed by atoms with Crippen molar-refractivity contribution in [2.45, 2.75) is 56.1 Å². The molecule has 2 bridgehead atoms. The summed E-state index contributed by atoms with van der Waals surface area (Å²) < 4.78 is 23.8. The number of ether oxygens (including phenoxy) is 4. The van der Waals surface area contributed by atoms with Crippen molar-refractivity contribution in [2.24, 2.45) is 0 Å². The van der Waals surface area contributed by atoms with Gasteiger partial charge in [-0.15, -0.1) is 0 Å². The van der Waals surface area contributed by atoms with Crippen LogP contribution in [0.3, 0.4) is 0 Å². The molecule has 1 aliphatic heterocycles. The van der Waals surface area contributed by atoms with E-state index < -0.39 is 29.8 Å². The molecule has 214 valence electrons. The van der Waals surface area contributed by atoms with Crippen LogP contribution in [0, 0.1) is 0 Å². The molecule has 0 saturated carbocycles. The summed E-state index contributed by atoms with van der Waals surface area (Å²) in [6.07, 6.45) is -1.43. The van der Waals surface area contributed by atoms with E-state index in [-0.39, 0.29) is 13.0 Å². The molecule has 1 heterocycles. The smallest absolute Gasteiger partial charge is 0.410 e. The number of aliphatic hydroxyl groups is 2. The Hall–Kier alpha value is -4.01. The van der Waals surface area contributed by atoms with Crippen molar-refractivity contribution in [3.8, 4) is 11.5 Å². The van der Waals surface area contributed by atoms with Crippen LogP contribution in [-0.4, -0.2) is 60.2 Å². The third-order valence-electron chi connectivity index (χ3n) is 8.67. The number of hydrogen-bond donors (Lipinski definition) is 2. The first-order valence-electron chi connectivity index (χ1n) is 14.0. The summed E-state index contributed by atoms with van der Waals surface area (Å²) in [5, 5.41) is 22.2. The highest BCUT2D eigenvalue weighted by molar-refractivity contribution is 5.72. The number of likely N-dealkylation sites (tertiary alicyclic amines) is 1. The van der Waals surface area contributed by atoms with Gasteiger partial charge in [0.05, 0.1) is 26.4 Å². The van der Waals surface area contributed by atoms with Crippen LogP contribution in [0.2, 0.25) is 0 Å². The van der Waals surface area contributed by atoms with Gasteiger partial charge in [0.2, 0.25) is 0 Å². The zero-order chi connectivity index (χ0) is 28.6. The lowest BCUT2D eigenvalue weighted by atomic mass is 9.55. The van der Waals surface area contributed by atoms with E-state index in [1.807, 2.05) is 72.8 Å². The van der Waals surface area contributed by atoms with E-state index in [9.17, 15) is 15.0 Å². The molecule has 8 nitrogen and oxygen atoms in total. The Morgan fingerprint density at radius 2 is 1.61 bits per heavy atom. The van der Waals surface area contributed by atoms with E-state index in [1.165, 1.54) is 7.11 Å². The summed E-state index contributed by atoms with van der Waals surface area (Å²) in [4.78, 5) is 15.2. The van der Waals surface area contributed by atoms with Crippen molar-refractivity contribution in [2.75, 3.05) is 20.8 Å². The molecular weight excluding hydrogens is 522 g/mol. The first-order valence-corrected chi connectivity index (χ1v) is 14.0. The monoisotopic (exact) mass is 557 g/mol. The van der Waals surface area contributed by atoms with Crippen LogP contribution in [-0.2, 0) is 34.5 Å². The minimum atomic E-state index is -1.20. The number of amides is 1. The van der Waals surface area contributed by atoms with Gasteiger partial charge in [0.15, 0.2) is 11.5 Å². The Labute approximate surface area is 239 Å². The van der Waals surface area contributed by atoms with Crippen LogP contribution in [0.15, 0.2) is 84.1 Å². The van der Waals surface area contributed by atoms with Gasteiger partial charge in [0.1, 0.15) is 25.1 Å². The number of benzene rings is 3. The second-order valence-electron chi connectivity index (χ2n) is 10.9. The van der Waals surface area contributed by atoms with Crippen molar-refractivity contribution in [3.63, 3.8) is 0 Å². The van der Waals surface area contributed by atoms with Crippen molar-refractivity contribution in [1.82, 2.24) is 4.90 Å². The Balaban J connectivity index is 1.43. The van der Waals surface area contributed by atoms with Crippen molar-refractivity contribution in [1.29, 1.82) is 0 Å². The second-order valence-corrected chi connectivity index (χ2v) is 10.9. The van der Waals surface area contributed by atoms with Gasteiger partial charge in [-0.25, -0.2) is 4.79 Å². The van der Waals surface area contributed by atoms with Gasteiger partial charge in [-0.2, -0.15) is 0 Å². The van der Waals surface area contributed by atoms with Gasteiger partial charge in [0, 0.05) is 23.1 Å². The van der Waals surface area contributed by atoms with Crippen LogP contribution >= 0.6 is 0 Å². The summed E-state index contributed by atoms with van der Waals surface area (Å²) in [7, 11) is 3.11. The molecule has 4 atom stereocenters. The first-order chi connectivity index (χ1) is 20.0. The number of methoxy groups -OCH3 is 2. The number of aliphatic hydroxyl groups excluding tert-OH is 2. The van der Waals surface area contributed by atoms with Crippen LogP contribution in [0.5, 0.6) is 11.5 Å². The van der Waals surface area contributed by atoms with Crippen LogP contribution in [0.1, 0.15) is 35.1 Å². The quantitative estimate of drug-likeness (QED) is 0.441. The largest absolute Gasteiger partial charge is 0.498 e. The number of carbonyl (C=O) groups excluding carboxylic acids is 1. The molecule has 3 aliphatic rings. The maximum atomic E-state index is 13.5. The zero-order valence-corrected chi connectivity index (χ0v) is 23.3. The molecule has 3 aromatic rings. The summed E-state index contributed by atoms with van der Waals surface area (Å²) in [6.45, 7) is 0.916. The molecule has 6 rings (SSSR count). The fraction of sp³-hybridized carbons (Fsp3) is 0.364. The Morgan fingerprint density at radius 3 is 2.27 bits per heavy atom. The maximum absolute atomic E-state index is 13.5. The lowest BCUT2D eigenvalue weighted by molar-refractivity contribution is -0.0351. The molecule has 3 aromatic carbocycles. The summed E-state index contributed by atoms with van der Waals surface area (Å²) in [5.74, 6) is 1.51. The van der Waals surface area contributed by atoms with E-state index in [4.69, 9.17) is 18.9 Å². The standard InChI is InChI=1S/C33H35NO7/c1-38-26-14-13-23-17-24-28-31(39-2)29(36)25(35)18-33(28,27(23)30(26)40-19-21-9-5-3-6-10-21)15-16-34(24)32(37)41-20-22-11-7-4-8-12-22/h3-14,24-25,29,35-36H,15-20H2,1-2H3/t24-,25-,29+,33-/m0/s1. The number of piperidine rings is 1. The van der Waals surface area contributed by atoms with E-state index in [0.29, 0.717) is 43.3 Å². The normalized spacial score (nSPS) is 24.7. The highest BCUT2D eigenvalue weighted by Gasteiger charge is 2.58. The summed E-state index contributed by atoms with van der Waals surface area (Å²) in [5.41, 5.74) is 3.92. The molecule has 1 saturated heterocycles. The lowest BCUT2D eigenvalue weighted by Crippen LogP contribution is -2.61. The molecule has 0 aromatic heterocycles. The van der Waals surface area contributed by atoms with E-state index in [2.05, 4.69) is 0 Å². The Bertz CT molecular complexity index is 1440. The summed E-state index contributed by atoms with van der Waals surface area (Å²) >= 11 is 0. The number of fused-ring (bicyclic) bond motifs is 1. The predicted octanol–water partition coefficient (Wildman–Crippen LogP) is 4.51. The fourth-order valence-corrected chi connectivity index (χ4v) is 6.86. The fourth-order valence-electron chi connectivity index (χ4n) is 6.86. The van der Waals surface area contributed by atoms with Crippen molar-refractivity contribution in [3.05, 3.63) is 106 Å². The second kappa shape index (κ2) is 11.1. The predicted molar refractivity (Wildman–Crippen MR) is 152 cm³/mol. The molecule has 41 heavy (non-hydrogen) atoms. The third-order valence-corrected chi connectivity index (χ3v) is 8.67. The maximum Gasteiger partial charge on any atom is 0.410 e. The van der Waals surface area contributed by atoms with Gasteiger partial charge in [-0.1, -0.05) is 66.7 Å². The minimum Gasteiger partial charge on any atom is -0.498 e. The van der Waals surface area contributed by atoms with Crippen molar-refractivity contribution >= 4 is 6.09 Å². The molecular formula is C33H35NO7. The number of carbonyl (C=O) groups is 1. The average Bonchev–Trinajstić information content (AvgIpc) is 3.00. The average molecular weight is 558 g/mol. The van der Waals surface area contributed by atoms with Gasteiger partial charge in [-0.05, 0) is 42.0 Å². The SMILES string of the molecule is COC1=C2[C@@H]3Cc4ccc(OC)c(OCc5ccccc5)c4[C@]2(CCN3C(=O)OCc2ccccc2)C[C@H](O)[C@H]1O. The topological polar surface area (TPSA) is 97.7 Å². The lowest BCUT2D eigenvalue weighted by Gasteiger charge is -2.56. The van der Waals surface area contributed by atoms with Gasteiger partial charge < -0.3 is 34.1 Å². The molecule has 0 spiro atoms. The van der Waals surface area contributed by atoms with E-state index >= 15 is 0 Å². The van der Waals surface area contributed by atoms with Crippen LogP contribution < -0.4 is 9.47 Å². The Morgan fingerprint density at radius 1 is 0.927 bits per heavy atom. The van der Waals surface area contributed by atoms with Crippen LogP contribution in [0.25, 0.3) is 0 Å². The summed E-state index contributed by atoms with van der Waals surface area (Å²) in [6, 6.07) is 23.0. The van der Waals surface area contributed by atoms with Gasteiger partial charge in [-0.3, -0.25) is 0 Å².